The van der Waals surface area contributed by atoms with Gasteiger partial charge >= 0.3 is 0 Å². The molecule has 0 radical (unpaired) electrons. The maximum absolute atomic E-state index is 6.10. The van der Waals surface area contributed by atoms with Crippen molar-refractivity contribution in [3.63, 3.8) is 0 Å². The molecule has 0 saturated carbocycles. The largest absolute Gasteiger partial charge is 0.329 e. The highest BCUT2D eigenvalue weighted by Gasteiger charge is 2.14. The van der Waals surface area contributed by atoms with Crippen molar-refractivity contribution in [1.82, 2.24) is 19.6 Å². The molecule has 4 aromatic rings. The Kier molecular flexibility index (Phi) is 6.58. The van der Waals surface area contributed by atoms with Gasteiger partial charge in [-0.3, -0.25) is 9.36 Å². The molecule has 0 atom stereocenters. The zero-order chi connectivity index (χ0) is 22.7. The number of benzene rings is 2. The predicted octanol–water partition coefficient (Wildman–Crippen LogP) is 5.56. The molecule has 32 heavy (non-hydrogen) atoms. The molecular formula is C24H25ClN6S. The fraction of sp³-hybridized carbons (Fsp3) is 0.208. The molecule has 2 aromatic heterocycles. The molecule has 2 heterocycles. The number of nitrogens with one attached hydrogen (secondary N) is 2. The molecule has 0 spiro atoms. The number of thiocarbonyl (C=S) groups is 1. The quantitative estimate of drug-likeness (QED) is 0.365. The van der Waals surface area contributed by atoms with Crippen LogP contribution in [0.1, 0.15) is 28.2 Å². The van der Waals surface area contributed by atoms with E-state index in [2.05, 4.69) is 33.0 Å². The summed E-state index contributed by atoms with van der Waals surface area (Å²) >= 11 is 11.6. The van der Waals surface area contributed by atoms with Crippen LogP contribution < -0.4 is 10.6 Å². The molecule has 0 aliphatic heterocycles. The summed E-state index contributed by atoms with van der Waals surface area (Å²) in [5.41, 5.74) is 6.15. The minimum Gasteiger partial charge on any atom is -0.329 e. The first-order valence-corrected chi connectivity index (χ1v) is 11.1. The molecule has 0 saturated heterocycles. The minimum atomic E-state index is 0.475. The second-order valence-corrected chi connectivity index (χ2v) is 8.57. The molecule has 4 rings (SSSR count). The average molecular weight is 465 g/mol. The molecule has 0 bridgehead atoms. The number of anilines is 2. The van der Waals surface area contributed by atoms with Gasteiger partial charge in [0.15, 0.2) is 10.9 Å². The number of nitrogens with zero attached hydrogens (tertiary/aromatic N) is 4. The van der Waals surface area contributed by atoms with Crippen LogP contribution in [0.15, 0.2) is 60.7 Å². The van der Waals surface area contributed by atoms with E-state index in [4.69, 9.17) is 23.8 Å². The van der Waals surface area contributed by atoms with Gasteiger partial charge in [-0.1, -0.05) is 54.1 Å². The third-order valence-corrected chi connectivity index (χ3v) is 5.68. The lowest BCUT2D eigenvalue weighted by Crippen LogP contribution is -2.20. The van der Waals surface area contributed by atoms with Crippen molar-refractivity contribution in [2.75, 3.05) is 10.6 Å². The number of halogens is 1. The Labute approximate surface area is 198 Å². The Morgan fingerprint density at radius 1 is 0.875 bits per heavy atom. The smallest absolute Gasteiger partial charge is 0.176 e. The number of hydrogen-bond donors (Lipinski definition) is 2. The minimum absolute atomic E-state index is 0.475. The van der Waals surface area contributed by atoms with Gasteiger partial charge < -0.3 is 10.6 Å². The fourth-order valence-electron chi connectivity index (χ4n) is 3.59. The van der Waals surface area contributed by atoms with E-state index in [-0.39, 0.29) is 0 Å². The lowest BCUT2D eigenvalue weighted by Gasteiger charge is -2.10. The summed E-state index contributed by atoms with van der Waals surface area (Å²) < 4.78 is 3.91. The summed E-state index contributed by atoms with van der Waals surface area (Å²) in [5, 5.41) is 17.0. The SMILES string of the molecule is Cc1nn(Cc2ccccc2)c(C)c1NC(=S)Nc1cc(C)n(Cc2cccc(Cl)c2)n1. The Bertz CT molecular complexity index is 1240. The Hall–Kier alpha value is -3.16. The zero-order valence-corrected chi connectivity index (χ0v) is 19.8. The molecule has 2 aromatic carbocycles. The van der Waals surface area contributed by atoms with Crippen LogP contribution in [0.2, 0.25) is 5.02 Å². The number of hydrogen-bond acceptors (Lipinski definition) is 3. The number of aromatic nitrogens is 4. The first-order chi connectivity index (χ1) is 15.4. The van der Waals surface area contributed by atoms with Gasteiger partial charge in [-0.15, -0.1) is 0 Å². The molecule has 0 aliphatic carbocycles. The van der Waals surface area contributed by atoms with E-state index in [1.54, 1.807) is 0 Å². The Morgan fingerprint density at radius 3 is 2.34 bits per heavy atom. The van der Waals surface area contributed by atoms with Crippen LogP contribution in [0.4, 0.5) is 11.5 Å². The molecule has 0 fully saturated rings. The van der Waals surface area contributed by atoms with Crippen molar-refractivity contribution in [2.45, 2.75) is 33.9 Å². The standard InChI is InChI=1S/C24H25ClN6S/c1-16-12-22(29-30(16)15-20-10-7-11-21(25)13-20)26-24(32)27-23-17(2)28-31(18(23)3)14-19-8-5-4-6-9-19/h4-13H,14-15H2,1-3H3,(H2,26,27,29,32). The van der Waals surface area contributed by atoms with Gasteiger partial charge in [-0.05, 0) is 56.2 Å². The van der Waals surface area contributed by atoms with Crippen LogP contribution in [0.25, 0.3) is 0 Å². The van der Waals surface area contributed by atoms with E-state index >= 15 is 0 Å². The van der Waals surface area contributed by atoms with Crippen LogP contribution in [-0.2, 0) is 13.1 Å². The molecule has 0 amide bonds. The summed E-state index contributed by atoms with van der Waals surface area (Å²) in [4.78, 5) is 0. The van der Waals surface area contributed by atoms with Gasteiger partial charge in [0.1, 0.15) is 0 Å². The van der Waals surface area contributed by atoms with Crippen molar-refractivity contribution in [1.29, 1.82) is 0 Å². The zero-order valence-electron chi connectivity index (χ0n) is 18.3. The predicted molar refractivity (Wildman–Crippen MR) is 135 cm³/mol. The molecule has 0 aliphatic rings. The van der Waals surface area contributed by atoms with E-state index in [9.17, 15) is 0 Å². The maximum atomic E-state index is 6.10. The molecular weight excluding hydrogens is 440 g/mol. The summed E-state index contributed by atoms with van der Waals surface area (Å²) in [5.74, 6) is 0.689. The lowest BCUT2D eigenvalue weighted by molar-refractivity contribution is 0.659. The molecule has 8 heteroatoms. The van der Waals surface area contributed by atoms with E-state index in [1.807, 2.05) is 78.7 Å². The molecule has 2 N–H and O–H groups in total. The van der Waals surface area contributed by atoms with Gasteiger partial charge in [0.2, 0.25) is 0 Å². The first kappa shape index (κ1) is 22.0. The molecule has 0 unspecified atom stereocenters. The number of rotatable bonds is 6. The average Bonchev–Trinajstić information content (AvgIpc) is 3.22. The Morgan fingerprint density at radius 2 is 1.59 bits per heavy atom. The van der Waals surface area contributed by atoms with Gasteiger partial charge in [-0.2, -0.15) is 10.2 Å². The van der Waals surface area contributed by atoms with Crippen LogP contribution in [0.5, 0.6) is 0 Å². The monoisotopic (exact) mass is 464 g/mol. The summed E-state index contributed by atoms with van der Waals surface area (Å²) in [7, 11) is 0. The van der Waals surface area contributed by atoms with Gasteiger partial charge in [0.25, 0.3) is 0 Å². The topological polar surface area (TPSA) is 59.7 Å². The van der Waals surface area contributed by atoms with Crippen molar-refractivity contribution >= 4 is 40.4 Å². The summed E-state index contributed by atoms with van der Waals surface area (Å²) in [6, 6.07) is 20.0. The van der Waals surface area contributed by atoms with Crippen LogP contribution in [0, 0.1) is 20.8 Å². The summed E-state index contributed by atoms with van der Waals surface area (Å²) in [6.07, 6.45) is 0. The fourth-order valence-corrected chi connectivity index (χ4v) is 4.01. The highest BCUT2D eigenvalue weighted by atomic mass is 35.5. The third-order valence-electron chi connectivity index (χ3n) is 5.24. The van der Waals surface area contributed by atoms with Gasteiger partial charge in [0, 0.05) is 16.8 Å². The van der Waals surface area contributed by atoms with E-state index < -0.39 is 0 Å². The second kappa shape index (κ2) is 9.54. The van der Waals surface area contributed by atoms with E-state index in [1.165, 1.54) is 5.56 Å². The van der Waals surface area contributed by atoms with Crippen LogP contribution >= 0.6 is 23.8 Å². The van der Waals surface area contributed by atoms with Gasteiger partial charge in [-0.25, -0.2) is 0 Å². The van der Waals surface area contributed by atoms with Crippen molar-refractivity contribution in [3.8, 4) is 0 Å². The maximum Gasteiger partial charge on any atom is 0.176 e. The molecule has 164 valence electrons. The first-order valence-electron chi connectivity index (χ1n) is 10.3. The van der Waals surface area contributed by atoms with E-state index in [0.717, 1.165) is 33.4 Å². The third kappa shape index (κ3) is 5.18. The van der Waals surface area contributed by atoms with Crippen LogP contribution in [-0.4, -0.2) is 24.7 Å². The molecule has 6 nitrogen and oxygen atoms in total. The van der Waals surface area contributed by atoms with Crippen molar-refractivity contribution in [2.24, 2.45) is 0 Å². The van der Waals surface area contributed by atoms with E-state index in [0.29, 0.717) is 24.0 Å². The van der Waals surface area contributed by atoms with Crippen molar-refractivity contribution in [3.05, 3.63) is 93.9 Å². The Balaban J connectivity index is 1.43. The highest BCUT2D eigenvalue weighted by molar-refractivity contribution is 7.80. The van der Waals surface area contributed by atoms with Crippen molar-refractivity contribution < 1.29 is 0 Å². The normalized spacial score (nSPS) is 10.9. The summed E-state index contributed by atoms with van der Waals surface area (Å²) in [6.45, 7) is 7.38. The highest BCUT2D eigenvalue weighted by Crippen LogP contribution is 2.21. The second-order valence-electron chi connectivity index (χ2n) is 7.73. The van der Waals surface area contributed by atoms with Gasteiger partial charge in [0.05, 0.1) is 30.2 Å². The number of aryl methyl sites for hydroxylation is 2. The van der Waals surface area contributed by atoms with Crippen LogP contribution in [0.3, 0.4) is 0 Å². The lowest BCUT2D eigenvalue weighted by atomic mass is 10.2.